The number of benzene rings is 1. The molecule has 3 aromatic rings. The number of amides is 2. The highest BCUT2D eigenvalue weighted by molar-refractivity contribution is 7.18. The van der Waals surface area contributed by atoms with Gasteiger partial charge in [0.2, 0.25) is 5.91 Å². The largest absolute Gasteiger partial charge is 0.334 e. The number of carbonyl (C=O) groups excluding carboxylic acids is 2. The zero-order chi connectivity index (χ0) is 20.5. The zero-order valence-electron chi connectivity index (χ0n) is 16.5. The van der Waals surface area contributed by atoms with Crippen molar-refractivity contribution in [1.82, 2.24) is 10.1 Å². The van der Waals surface area contributed by atoms with E-state index in [4.69, 9.17) is 4.52 Å². The number of aryl methyl sites for hydroxylation is 1. The molecule has 1 saturated carbocycles. The molecule has 1 aliphatic carbocycles. The van der Waals surface area contributed by atoms with Gasteiger partial charge < -0.3 is 15.2 Å². The summed E-state index contributed by atoms with van der Waals surface area (Å²) in [5.74, 6) is 1.03. The molecule has 2 N–H and O–H groups in total. The molecule has 4 rings (SSSR count). The fraction of sp³-hybridized carbons (Fsp3) is 0.333. The molecule has 7 nitrogen and oxygen atoms in total. The second-order valence-electron chi connectivity index (χ2n) is 7.49. The summed E-state index contributed by atoms with van der Waals surface area (Å²) in [6.07, 6.45) is 1.88. The van der Waals surface area contributed by atoms with E-state index in [2.05, 4.69) is 20.8 Å². The Bertz CT molecular complexity index is 1070. The predicted molar refractivity (Wildman–Crippen MR) is 112 cm³/mol. The first-order valence-corrected chi connectivity index (χ1v) is 10.4. The van der Waals surface area contributed by atoms with Crippen molar-refractivity contribution in [3.8, 4) is 11.5 Å². The van der Waals surface area contributed by atoms with Gasteiger partial charge in [-0.25, -0.2) is 0 Å². The van der Waals surface area contributed by atoms with Gasteiger partial charge in [0, 0.05) is 11.8 Å². The minimum Gasteiger partial charge on any atom is -0.334 e. The Morgan fingerprint density at radius 2 is 1.97 bits per heavy atom. The van der Waals surface area contributed by atoms with Gasteiger partial charge in [0.05, 0.1) is 21.1 Å². The van der Waals surface area contributed by atoms with Crippen LogP contribution >= 0.6 is 11.3 Å². The highest BCUT2D eigenvalue weighted by Crippen LogP contribution is 2.33. The molecule has 1 fully saturated rings. The number of nitrogens with zero attached hydrogens (tertiary/aromatic N) is 2. The molecular weight excluding hydrogens is 388 g/mol. The first-order valence-electron chi connectivity index (χ1n) is 9.58. The Labute approximate surface area is 172 Å². The summed E-state index contributed by atoms with van der Waals surface area (Å²) in [6.45, 7) is 5.89. The third kappa shape index (κ3) is 4.22. The third-order valence-electron chi connectivity index (χ3n) is 4.72. The Hall–Kier alpha value is -3.00. The average molecular weight is 410 g/mol. The van der Waals surface area contributed by atoms with E-state index in [0.29, 0.717) is 32.8 Å². The number of para-hydroxylation sites is 1. The molecule has 0 radical (unpaired) electrons. The SMILES string of the molecule is Cc1cccc(-c2nc(C(C)C)no2)c1NC(=O)c1ccc(NC(=O)C2CC2)s1. The van der Waals surface area contributed by atoms with Crippen molar-refractivity contribution >= 4 is 33.8 Å². The summed E-state index contributed by atoms with van der Waals surface area (Å²) >= 11 is 1.25. The molecule has 0 spiro atoms. The van der Waals surface area contributed by atoms with E-state index in [1.807, 2.05) is 39.0 Å². The van der Waals surface area contributed by atoms with Gasteiger partial charge in [-0.1, -0.05) is 31.1 Å². The molecule has 0 aliphatic heterocycles. The Morgan fingerprint density at radius 3 is 2.66 bits per heavy atom. The summed E-state index contributed by atoms with van der Waals surface area (Å²) in [6, 6.07) is 9.11. The second-order valence-corrected chi connectivity index (χ2v) is 8.58. The van der Waals surface area contributed by atoms with Crippen LogP contribution in [0.1, 0.15) is 53.7 Å². The molecule has 0 saturated heterocycles. The van der Waals surface area contributed by atoms with Gasteiger partial charge in [-0.2, -0.15) is 4.98 Å². The molecular formula is C21H22N4O3S. The molecule has 0 bridgehead atoms. The van der Waals surface area contributed by atoms with Gasteiger partial charge in [-0.05, 0) is 43.5 Å². The quantitative estimate of drug-likeness (QED) is 0.607. The van der Waals surface area contributed by atoms with E-state index in [1.165, 1.54) is 11.3 Å². The predicted octanol–water partition coefficient (Wildman–Crippen LogP) is 4.83. The van der Waals surface area contributed by atoms with Crippen LogP contribution in [0.3, 0.4) is 0 Å². The van der Waals surface area contributed by atoms with Crippen molar-refractivity contribution in [1.29, 1.82) is 0 Å². The standard InChI is InChI=1S/C21H22N4O3S/c1-11(2)18-24-21(28-25-18)14-6-4-5-12(3)17(14)23-20(27)15-9-10-16(29-15)22-19(26)13-7-8-13/h4-6,9-11,13H,7-8H2,1-3H3,(H,22,26)(H,23,27). The van der Waals surface area contributed by atoms with Crippen LogP contribution in [0.15, 0.2) is 34.9 Å². The number of carbonyl (C=O) groups is 2. The highest BCUT2D eigenvalue weighted by Gasteiger charge is 2.30. The van der Waals surface area contributed by atoms with E-state index < -0.39 is 0 Å². The molecule has 2 aromatic heterocycles. The number of rotatable bonds is 6. The molecule has 8 heteroatoms. The van der Waals surface area contributed by atoms with Crippen LogP contribution in [0.4, 0.5) is 10.7 Å². The normalized spacial score (nSPS) is 13.5. The number of aromatic nitrogens is 2. The van der Waals surface area contributed by atoms with Crippen molar-refractivity contribution in [2.24, 2.45) is 5.92 Å². The van der Waals surface area contributed by atoms with Gasteiger partial charge >= 0.3 is 0 Å². The van der Waals surface area contributed by atoms with Gasteiger partial charge in [-0.3, -0.25) is 9.59 Å². The van der Waals surface area contributed by atoms with Crippen LogP contribution in [0, 0.1) is 12.8 Å². The maximum Gasteiger partial charge on any atom is 0.265 e. The fourth-order valence-corrected chi connectivity index (χ4v) is 3.67. The first kappa shape index (κ1) is 19.3. The summed E-state index contributed by atoms with van der Waals surface area (Å²) < 4.78 is 5.41. The van der Waals surface area contributed by atoms with E-state index in [9.17, 15) is 9.59 Å². The molecule has 0 unspecified atom stereocenters. The summed E-state index contributed by atoms with van der Waals surface area (Å²) in [5.41, 5.74) is 2.20. The smallest absolute Gasteiger partial charge is 0.265 e. The second kappa shape index (κ2) is 7.79. The van der Waals surface area contributed by atoms with E-state index in [0.717, 1.165) is 18.4 Å². The number of thiophene rings is 1. The minimum atomic E-state index is -0.249. The fourth-order valence-electron chi connectivity index (χ4n) is 2.86. The minimum absolute atomic E-state index is 0.0253. The molecule has 0 atom stereocenters. The van der Waals surface area contributed by atoms with Crippen molar-refractivity contribution < 1.29 is 14.1 Å². The number of nitrogens with one attached hydrogen (secondary N) is 2. The Kier molecular flexibility index (Phi) is 5.19. The topological polar surface area (TPSA) is 97.1 Å². The molecule has 2 amide bonds. The number of hydrogen-bond acceptors (Lipinski definition) is 6. The molecule has 150 valence electrons. The van der Waals surface area contributed by atoms with Crippen LogP contribution in [0.2, 0.25) is 0 Å². The Morgan fingerprint density at radius 1 is 1.17 bits per heavy atom. The highest BCUT2D eigenvalue weighted by atomic mass is 32.1. The summed E-state index contributed by atoms with van der Waals surface area (Å²) in [5, 5.41) is 10.5. The number of hydrogen-bond donors (Lipinski definition) is 2. The number of anilines is 2. The molecule has 2 heterocycles. The van der Waals surface area contributed by atoms with Gasteiger partial charge in [-0.15, -0.1) is 11.3 Å². The van der Waals surface area contributed by atoms with Crippen LogP contribution in [0.25, 0.3) is 11.5 Å². The van der Waals surface area contributed by atoms with Gasteiger partial charge in [0.25, 0.3) is 11.8 Å². The maximum absolute atomic E-state index is 12.8. The van der Waals surface area contributed by atoms with Crippen molar-refractivity contribution in [3.05, 3.63) is 46.6 Å². The lowest BCUT2D eigenvalue weighted by atomic mass is 10.1. The summed E-state index contributed by atoms with van der Waals surface area (Å²) in [4.78, 5) is 29.7. The van der Waals surface area contributed by atoms with Crippen LogP contribution in [-0.2, 0) is 4.79 Å². The monoisotopic (exact) mass is 410 g/mol. The lowest BCUT2D eigenvalue weighted by Gasteiger charge is -2.11. The lowest BCUT2D eigenvalue weighted by Crippen LogP contribution is -2.13. The van der Waals surface area contributed by atoms with E-state index >= 15 is 0 Å². The van der Waals surface area contributed by atoms with Crippen LogP contribution < -0.4 is 10.6 Å². The first-order chi connectivity index (χ1) is 13.9. The van der Waals surface area contributed by atoms with Gasteiger partial charge in [0.15, 0.2) is 5.82 Å². The van der Waals surface area contributed by atoms with Crippen LogP contribution in [-0.4, -0.2) is 22.0 Å². The molecule has 29 heavy (non-hydrogen) atoms. The van der Waals surface area contributed by atoms with Crippen molar-refractivity contribution in [3.63, 3.8) is 0 Å². The van der Waals surface area contributed by atoms with Crippen molar-refractivity contribution in [2.45, 2.75) is 39.5 Å². The lowest BCUT2D eigenvalue weighted by molar-refractivity contribution is -0.117. The van der Waals surface area contributed by atoms with E-state index in [1.54, 1.807) is 12.1 Å². The average Bonchev–Trinajstić information content (AvgIpc) is 3.23. The third-order valence-corrected chi connectivity index (χ3v) is 5.72. The molecule has 1 aromatic carbocycles. The maximum atomic E-state index is 12.8. The van der Waals surface area contributed by atoms with E-state index in [-0.39, 0.29) is 23.7 Å². The van der Waals surface area contributed by atoms with Gasteiger partial charge in [0.1, 0.15) is 0 Å². The Balaban J connectivity index is 1.55. The van der Waals surface area contributed by atoms with Crippen molar-refractivity contribution in [2.75, 3.05) is 10.6 Å². The molecule has 1 aliphatic rings. The zero-order valence-corrected chi connectivity index (χ0v) is 17.3. The summed E-state index contributed by atoms with van der Waals surface area (Å²) in [7, 11) is 0. The van der Waals surface area contributed by atoms with Crippen LogP contribution in [0.5, 0.6) is 0 Å².